The smallest absolute Gasteiger partial charge is 0.162 e. The van der Waals surface area contributed by atoms with Crippen molar-refractivity contribution in [1.82, 2.24) is 19.6 Å². The Morgan fingerprint density at radius 1 is 0.842 bits per heavy atom. The fraction of sp³-hybridized carbons (Fsp3) is 0. The van der Waals surface area contributed by atoms with E-state index in [0.717, 1.165) is 27.7 Å². The predicted molar refractivity (Wildman–Crippen MR) is 73.7 cm³/mol. The van der Waals surface area contributed by atoms with Crippen molar-refractivity contribution in [2.45, 2.75) is 0 Å². The first-order valence-electron chi connectivity index (χ1n) is 6.06. The quantitative estimate of drug-likeness (QED) is 0.518. The number of para-hydroxylation sites is 1. The Hall–Kier alpha value is -2.75. The third-order valence-electron chi connectivity index (χ3n) is 3.22. The van der Waals surface area contributed by atoms with Crippen LogP contribution in [0.3, 0.4) is 0 Å². The summed E-state index contributed by atoms with van der Waals surface area (Å²) < 4.78 is 1.78. The van der Waals surface area contributed by atoms with Crippen LogP contribution in [0.1, 0.15) is 0 Å². The molecule has 3 aromatic heterocycles. The van der Waals surface area contributed by atoms with E-state index in [9.17, 15) is 0 Å². The van der Waals surface area contributed by atoms with E-state index in [0.29, 0.717) is 0 Å². The molecule has 19 heavy (non-hydrogen) atoms. The van der Waals surface area contributed by atoms with Gasteiger partial charge in [-0.15, -0.1) is 0 Å². The second-order valence-electron chi connectivity index (χ2n) is 4.32. The zero-order valence-electron chi connectivity index (χ0n) is 10.1. The number of hydrogen-bond donors (Lipinski definition) is 0. The van der Waals surface area contributed by atoms with Gasteiger partial charge in [-0.2, -0.15) is 5.10 Å². The number of rotatable bonds is 1. The molecule has 90 valence electrons. The minimum absolute atomic E-state index is 0.860. The van der Waals surface area contributed by atoms with E-state index in [4.69, 9.17) is 0 Å². The molecule has 0 unspecified atom stereocenters. The number of benzene rings is 1. The van der Waals surface area contributed by atoms with Crippen molar-refractivity contribution in [2.24, 2.45) is 0 Å². The third kappa shape index (κ3) is 1.50. The topological polar surface area (TPSA) is 43.1 Å². The SMILES string of the molecule is c1ccc2c(-c3cnn4cccnc34)ccnc2c1. The molecule has 0 aliphatic rings. The molecule has 0 spiro atoms. The van der Waals surface area contributed by atoms with Gasteiger partial charge in [0.2, 0.25) is 0 Å². The van der Waals surface area contributed by atoms with Crippen LogP contribution < -0.4 is 0 Å². The third-order valence-corrected chi connectivity index (χ3v) is 3.22. The van der Waals surface area contributed by atoms with Crippen LogP contribution in [0.5, 0.6) is 0 Å². The summed E-state index contributed by atoms with van der Waals surface area (Å²) in [5, 5.41) is 5.45. The van der Waals surface area contributed by atoms with Crippen LogP contribution in [0.2, 0.25) is 0 Å². The van der Waals surface area contributed by atoms with Gasteiger partial charge in [0.1, 0.15) is 0 Å². The number of nitrogens with zero attached hydrogens (tertiary/aromatic N) is 4. The monoisotopic (exact) mass is 246 g/mol. The molecular formula is C15H10N4. The molecule has 0 aliphatic carbocycles. The summed E-state index contributed by atoms with van der Waals surface area (Å²) in [5.74, 6) is 0. The van der Waals surface area contributed by atoms with Crippen molar-refractivity contribution >= 4 is 16.6 Å². The second-order valence-corrected chi connectivity index (χ2v) is 4.32. The maximum absolute atomic E-state index is 4.40. The summed E-state index contributed by atoms with van der Waals surface area (Å²) in [6.45, 7) is 0. The van der Waals surface area contributed by atoms with Gasteiger partial charge >= 0.3 is 0 Å². The molecule has 0 aliphatic heterocycles. The van der Waals surface area contributed by atoms with E-state index < -0.39 is 0 Å². The highest BCUT2D eigenvalue weighted by atomic mass is 15.2. The summed E-state index contributed by atoms with van der Waals surface area (Å²) in [4.78, 5) is 8.79. The van der Waals surface area contributed by atoms with Crippen LogP contribution in [0.4, 0.5) is 0 Å². The molecule has 0 saturated heterocycles. The Bertz CT molecular complexity index is 874. The van der Waals surface area contributed by atoms with Crippen molar-refractivity contribution in [3.63, 3.8) is 0 Å². The molecule has 1 aromatic carbocycles. The van der Waals surface area contributed by atoms with Crippen LogP contribution in [-0.4, -0.2) is 19.6 Å². The minimum atomic E-state index is 0.860. The predicted octanol–water partition coefficient (Wildman–Crippen LogP) is 2.94. The molecule has 0 amide bonds. The number of pyridine rings is 1. The molecule has 0 atom stereocenters. The lowest BCUT2D eigenvalue weighted by atomic mass is 10.0. The first kappa shape index (κ1) is 10.2. The van der Waals surface area contributed by atoms with E-state index in [1.165, 1.54) is 0 Å². The Labute approximate surface area is 109 Å². The van der Waals surface area contributed by atoms with E-state index in [-0.39, 0.29) is 0 Å². The fourth-order valence-electron chi connectivity index (χ4n) is 2.35. The fourth-order valence-corrected chi connectivity index (χ4v) is 2.35. The molecule has 0 saturated carbocycles. The first-order valence-corrected chi connectivity index (χ1v) is 6.06. The van der Waals surface area contributed by atoms with Gasteiger partial charge in [0, 0.05) is 29.5 Å². The Morgan fingerprint density at radius 3 is 2.79 bits per heavy atom. The Morgan fingerprint density at radius 2 is 1.79 bits per heavy atom. The van der Waals surface area contributed by atoms with E-state index in [1.54, 1.807) is 10.7 Å². The normalized spacial score (nSPS) is 11.2. The van der Waals surface area contributed by atoms with Gasteiger partial charge in [-0.1, -0.05) is 18.2 Å². The summed E-state index contributed by atoms with van der Waals surface area (Å²) >= 11 is 0. The highest BCUT2D eigenvalue weighted by Crippen LogP contribution is 2.29. The van der Waals surface area contributed by atoms with Crippen molar-refractivity contribution in [3.05, 3.63) is 61.2 Å². The average molecular weight is 246 g/mol. The molecule has 4 heteroatoms. The van der Waals surface area contributed by atoms with Crippen LogP contribution in [0.15, 0.2) is 61.2 Å². The maximum Gasteiger partial charge on any atom is 0.162 e. The van der Waals surface area contributed by atoms with Crippen LogP contribution in [0, 0.1) is 0 Å². The van der Waals surface area contributed by atoms with Crippen molar-refractivity contribution in [3.8, 4) is 11.1 Å². The number of hydrogen-bond acceptors (Lipinski definition) is 3. The van der Waals surface area contributed by atoms with Gasteiger partial charge in [0.05, 0.1) is 11.7 Å². The van der Waals surface area contributed by atoms with Gasteiger partial charge in [-0.3, -0.25) is 4.98 Å². The lowest BCUT2D eigenvalue weighted by Gasteiger charge is -2.03. The lowest BCUT2D eigenvalue weighted by Crippen LogP contribution is -1.88. The van der Waals surface area contributed by atoms with Crippen molar-refractivity contribution in [1.29, 1.82) is 0 Å². The first-order chi connectivity index (χ1) is 9.43. The maximum atomic E-state index is 4.40. The summed E-state index contributed by atoms with van der Waals surface area (Å²) in [6, 6.07) is 12.0. The molecule has 4 nitrogen and oxygen atoms in total. The van der Waals surface area contributed by atoms with Gasteiger partial charge in [0.15, 0.2) is 5.65 Å². The molecule has 0 N–H and O–H groups in total. The van der Waals surface area contributed by atoms with Gasteiger partial charge in [-0.05, 0) is 23.8 Å². The van der Waals surface area contributed by atoms with E-state index in [1.807, 2.05) is 48.9 Å². The molecule has 0 radical (unpaired) electrons. The lowest BCUT2D eigenvalue weighted by molar-refractivity contribution is 0.939. The van der Waals surface area contributed by atoms with E-state index >= 15 is 0 Å². The molecule has 3 heterocycles. The second kappa shape index (κ2) is 3.88. The van der Waals surface area contributed by atoms with Gasteiger partial charge in [-0.25, -0.2) is 9.50 Å². The van der Waals surface area contributed by atoms with Crippen LogP contribution >= 0.6 is 0 Å². The van der Waals surface area contributed by atoms with Crippen molar-refractivity contribution < 1.29 is 0 Å². The number of aromatic nitrogens is 4. The Kier molecular flexibility index (Phi) is 2.08. The van der Waals surface area contributed by atoms with Crippen LogP contribution in [0.25, 0.3) is 27.7 Å². The summed E-state index contributed by atoms with van der Waals surface area (Å²) in [5.41, 5.74) is 3.98. The van der Waals surface area contributed by atoms with Gasteiger partial charge < -0.3 is 0 Å². The molecule has 4 rings (SSSR count). The highest BCUT2D eigenvalue weighted by Gasteiger charge is 2.10. The van der Waals surface area contributed by atoms with Crippen LogP contribution in [-0.2, 0) is 0 Å². The van der Waals surface area contributed by atoms with Gasteiger partial charge in [0.25, 0.3) is 0 Å². The zero-order valence-corrected chi connectivity index (χ0v) is 10.1. The Balaban J connectivity index is 2.10. The summed E-state index contributed by atoms with van der Waals surface area (Å²) in [6.07, 6.45) is 7.35. The molecular weight excluding hydrogens is 236 g/mol. The zero-order chi connectivity index (χ0) is 12.7. The molecule has 0 fully saturated rings. The average Bonchev–Trinajstić information content (AvgIpc) is 2.90. The van der Waals surface area contributed by atoms with Crippen molar-refractivity contribution in [2.75, 3.05) is 0 Å². The van der Waals surface area contributed by atoms with E-state index in [2.05, 4.69) is 21.1 Å². The highest BCUT2D eigenvalue weighted by molar-refractivity contribution is 5.97. The minimum Gasteiger partial charge on any atom is -0.256 e. The standard InChI is InChI=1S/C15H10N4/c1-2-5-14-12(4-1)11(6-8-16-14)13-10-18-19-9-3-7-17-15(13)19/h1-10H. The molecule has 4 aromatic rings. The number of fused-ring (bicyclic) bond motifs is 2. The summed E-state index contributed by atoms with van der Waals surface area (Å²) in [7, 11) is 0. The molecule has 0 bridgehead atoms. The largest absolute Gasteiger partial charge is 0.256 e.